The minimum absolute atomic E-state index is 0.0116. The Kier molecular flexibility index (Phi) is 4.81. The third-order valence-corrected chi connectivity index (χ3v) is 5.40. The quantitative estimate of drug-likeness (QED) is 0.689. The highest BCUT2D eigenvalue weighted by molar-refractivity contribution is 7.17. The Hall–Kier alpha value is -2.51. The topological polar surface area (TPSA) is 33.5 Å². The van der Waals surface area contributed by atoms with Gasteiger partial charge >= 0.3 is 0 Å². The first-order chi connectivity index (χ1) is 12.7. The minimum Gasteiger partial charge on any atom is -0.438 e. The minimum atomic E-state index is 0.0116. The fourth-order valence-corrected chi connectivity index (χ4v) is 3.79. The molecule has 0 aromatic carbocycles. The first kappa shape index (κ1) is 16.9. The van der Waals surface area contributed by atoms with Crippen LogP contribution in [0.5, 0.6) is 0 Å². The Balaban J connectivity index is 1.68. The monoisotopic (exact) mass is 362 g/mol. The maximum absolute atomic E-state index is 12.6. The number of hydrogen-bond donors (Lipinski definition) is 0. The molecule has 2 aliphatic rings. The van der Waals surface area contributed by atoms with E-state index in [1.165, 1.54) is 16.9 Å². The second-order valence-electron chi connectivity index (χ2n) is 6.45. The summed E-state index contributed by atoms with van der Waals surface area (Å²) in [6.07, 6.45) is 13.4. The van der Waals surface area contributed by atoms with Crippen LogP contribution in [0.3, 0.4) is 0 Å². The molecule has 2 heterocycles. The van der Waals surface area contributed by atoms with Gasteiger partial charge in [-0.1, -0.05) is 48.6 Å². The lowest BCUT2D eigenvalue weighted by Gasteiger charge is -2.22. The summed E-state index contributed by atoms with van der Waals surface area (Å²) in [4.78, 5) is 14.7. The van der Waals surface area contributed by atoms with E-state index in [9.17, 15) is 4.79 Å². The Morgan fingerprint density at radius 1 is 1.31 bits per heavy atom. The van der Waals surface area contributed by atoms with Gasteiger partial charge in [0, 0.05) is 36.5 Å². The largest absolute Gasteiger partial charge is 0.438 e. The van der Waals surface area contributed by atoms with E-state index in [0.29, 0.717) is 16.2 Å². The van der Waals surface area contributed by atoms with Crippen molar-refractivity contribution in [1.29, 1.82) is 0 Å². The average molecular weight is 362 g/mol. The molecule has 0 aliphatic heterocycles. The fourth-order valence-electron chi connectivity index (χ4n) is 2.95. The highest BCUT2D eigenvalue weighted by Crippen LogP contribution is 2.28. The van der Waals surface area contributed by atoms with Gasteiger partial charge in [-0.2, -0.15) is 0 Å². The standard InChI is InChI=1S/C22H20NO2S/c1-2-12-23(13-11-17-7-8-17)20-14-19(24)22-21(25-20)18(15-26-22)10-9-16-5-3-4-6-16/h3,5-8,14-15H,2,4,11-13H2,1H3. The molecule has 0 saturated heterocycles. The van der Waals surface area contributed by atoms with Crippen molar-refractivity contribution >= 4 is 27.5 Å². The SMILES string of the molecule is CCCN(CCC1=C[CH]1)c1cc(=O)c2scc(C#CC3=CCC=C3)c2o1. The van der Waals surface area contributed by atoms with E-state index in [4.69, 9.17) is 4.42 Å². The Bertz CT molecular complexity index is 1040. The molecule has 0 bridgehead atoms. The van der Waals surface area contributed by atoms with Crippen molar-refractivity contribution in [2.24, 2.45) is 0 Å². The Labute approximate surface area is 157 Å². The molecule has 26 heavy (non-hydrogen) atoms. The van der Waals surface area contributed by atoms with Gasteiger partial charge in [-0.3, -0.25) is 4.79 Å². The molecule has 4 rings (SSSR count). The lowest BCUT2D eigenvalue weighted by molar-refractivity contribution is 0.566. The molecule has 0 unspecified atom stereocenters. The molecule has 3 nitrogen and oxygen atoms in total. The molecule has 131 valence electrons. The van der Waals surface area contributed by atoms with E-state index in [-0.39, 0.29) is 5.43 Å². The average Bonchev–Trinajstić information content (AvgIpc) is 3.15. The van der Waals surface area contributed by atoms with Gasteiger partial charge in [0.2, 0.25) is 5.43 Å². The molecule has 0 atom stereocenters. The van der Waals surface area contributed by atoms with Crippen molar-refractivity contribution in [3.05, 3.63) is 69.1 Å². The second-order valence-corrected chi connectivity index (χ2v) is 7.33. The van der Waals surface area contributed by atoms with Crippen molar-refractivity contribution in [3.8, 4) is 11.8 Å². The van der Waals surface area contributed by atoms with Crippen molar-refractivity contribution in [1.82, 2.24) is 0 Å². The lowest BCUT2D eigenvalue weighted by Crippen LogP contribution is -2.26. The summed E-state index contributed by atoms with van der Waals surface area (Å²) in [5.74, 6) is 6.98. The van der Waals surface area contributed by atoms with Crippen molar-refractivity contribution in [2.45, 2.75) is 26.2 Å². The Morgan fingerprint density at radius 2 is 2.19 bits per heavy atom. The zero-order chi connectivity index (χ0) is 17.9. The third-order valence-electron chi connectivity index (χ3n) is 4.42. The summed E-state index contributed by atoms with van der Waals surface area (Å²) in [5.41, 5.74) is 3.81. The van der Waals surface area contributed by atoms with Crippen molar-refractivity contribution in [3.63, 3.8) is 0 Å². The van der Waals surface area contributed by atoms with Crippen molar-refractivity contribution < 1.29 is 4.42 Å². The van der Waals surface area contributed by atoms with E-state index in [1.54, 1.807) is 6.07 Å². The maximum Gasteiger partial charge on any atom is 0.204 e. The lowest BCUT2D eigenvalue weighted by atomic mass is 10.2. The number of fused-ring (bicyclic) bond motifs is 1. The van der Waals surface area contributed by atoms with Gasteiger partial charge in [0.15, 0.2) is 11.5 Å². The zero-order valence-corrected chi connectivity index (χ0v) is 15.6. The number of hydrogen-bond acceptors (Lipinski definition) is 4. The Morgan fingerprint density at radius 3 is 2.92 bits per heavy atom. The first-order valence-corrected chi connectivity index (χ1v) is 9.85. The van der Waals surface area contributed by atoms with E-state index in [2.05, 4.69) is 48.3 Å². The predicted octanol–water partition coefficient (Wildman–Crippen LogP) is 4.84. The van der Waals surface area contributed by atoms with Gasteiger partial charge in [0.1, 0.15) is 4.70 Å². The van der Waals surface area contributed by atoms with Crippen LogP contribution in [0.1, 0.15) is 31.7 Å². The van der Waals surface area contributed by atoms with Crippen LogP contribution < -0.4 is 10.3 Å². The second kappa shape index (κ2) is 7.39. The van der Waals surface area contributed by atoms with E-state index >= 15 is 0 Å². The summed E-state index contributed by atoms with van der Waals surface area (Å²) in [6, 6.07) is 1.62. The van der Waals surface area contributed by atoms with Crippen LogP contribution in [0.25, 0.3) is 10.3 Å². The van der Waals surface area contributed by atoms with Crippen LogP contribution in [-0.4, -0.2) is 13.1 Å². The highest BCUT2D eigenvalue weighted by atomic mass is 32.1. The maximum atomic E-state index is 12.6. The smallest absolute Gasteiger partial charge is 0.204 e. The van der Waals surface area contributed by atoms with Gasteiger partial charge in [0.25, 0.3) is 0 Å². The summed E-state index contributed by atoms with van der Waals surface area (Å²) >= 11 is 1.41. The van der Waals surface area contributed by atoms with Gasteiger partial charge < -0.3 is 9.32 Å². The van der Waals surface area contributed by atoms with Crippen LogP contribution >= 0.6 is 11.3 Å². The number of allylic oxidation sites excluding steroid dienone is 5. The molecular weight excluding hydrogens is 342 g/mol. The van der Waals surface area contributed by atoms with E-state index in [1.807, 2.05) is 11.5 Å². The molecule has 0 N–H and O–H groups in total. The number of thiophene rings is 1. The highest BCUT2D eigenvalue weighted by Gasteiger charge is 2.17. The van der Waals surface area contributed by atoms with Gasteiger partial charge in [-0.15, -0.1) is 11.3 Å². The van der Waals surface area contributed by atoms with Crippen LogP contribution in [0.4, 0.5) is 5.88 Å². The van der Waals surface area contributed by atoms with Gasteiger partial charge in [-0.25, -0.2) is 0 Å². The molecule has 4 heteroatoms. The zero-order valence-electron chi connectivity index (χ0n) is 14.7. The molecule has 2 aromatic heterocycles. The van der Waals surface area contributed by atoms with Crippen LogP contribution in [-0.2, 0) is 0 Å². The summed E-state index contributed by atoms with van der Waals surface area (Å²) < 4.78 is 6.81. The van der Waals surface area contributed by atoms with Gasteiger partial charge in [-0.05, 0) is 19.3 Å². The van der Waals surface area contributed by atoms with Crippen LogP contribution in [0.15, 0.2) is 56.1 Å². The molecule has 0 amide bonds. The first-order valence-electron chi connectivity index (χ1n) is 8.97. The predicted molar refractivity (Wildman–Crippen MR) is 109 cm³/mol. The molecule has 0 saturated carbocycles. The van der Waals surface area contributed by atoms with Crippen LogP contribution in [0, 0.1) is 18.3 Å². The summed E-state index contributed by atoms with van der Waals surface area (Å²) in [7, 11) is 0. The van der Waals surface area contributed by atoms with E-state index in [0.717, 1.165) is 43.5 Å². The molecule has 0 spiro atoms. The molecule has 0 fully saturated rings. The molecule has 2 aromatic rings. The summed E-state index contributed by atoms with van der Waals surface area (Å²) in [6.45, 7) is 3.86. The summed E-state index contributed by atoms with van der Waals surface area (Å²) in [5, 5.41) is 1.92. The number of anilines is 1. The third kappa shape index (κ3) is 3.68. The molecule has 2 aliphatic carbocycles. The number of rotatable bonds is 6. The number of nitrogens with zero attached hydrogens (tertiary/aromatic N) is 1. The van der Waals surface area contributed by atoms with Crippen molar-refractivity contribution in [2.75, 3.05) is 18.0 Å². The van der Waals surface area contributed by atoms with Crippen LogP contribution in [0.2, 0.25) is 0 Å². The fraction of sp³-hybridized carbons (Fsp3) is 0.273. The van der Waals surface area contributed by atoms with E-state index < -0.39 is 0 Å². The molecule has 1 radical (unpaired) electrons. The van der Waals surface area contributed by atoms with Gasteiger partial charge in [0.05, 0.1) is 5.56 Å². The normalized spacial score (nSPS) is 14.8. The molecular formula is C22H20NO2S.